The van der Waals surface area contributed by atoms with Crippen molar-refractivity contribution >= 4 is 22.4 Å². The van der Waals surface area contributed by atoms with E-state index in [1.54, 1.807) is 7.05 Å². The van der Waals surface area contributed by atoms with Crippen molar-refractivity contribution in [2.75, 3.05) is 13.6 Å². The van der Waals surface area contributed by atoms with E-state index in [-0.39, 0.29) is 29.9 Å². The number of nitrogens with one attached hydrogen (secondary N) is 2. The molecule has 0 aliphatic carbocycles. The van der Waals surface area contributed by atoms with E-state index in [1.807, 2.05) is 6.92 Å². The van der Waals surface area contributed by atoms with E-state index in [9.17, 15) is 12.8 Å². The molecule has 1 rings (SSSR count). The van der Waals surface area contributed by atoms with Crippen LogP contribution in [0, 0.1) is 5.82 Å². The first-order valence-electron chi connectivity index (χ1n) is 4.73. The highest BCUT2D eigenvalue weighted by Gasteiger charge is 2.15. The van der Waals surface area contributed by atoms with E-state index in [0.717, 1.165) is 18.5 Å². The highest BCUT2D eigenvalue weighted by atomic mass is 35.5. The van der Waals surface area contributed by atoms with Gasteiger partial charge in [-0.25, -0.2) is 17.5 Å². The lowest BCUT2D eigenvalue weighted by Gasteiger charge is -2.11. The lowest BCUT2D eigenvalue weighted by Crippen LogP contribution is -2.37. The summed E-state index contributed by atoms with van der Waals surface area (Å²) in [5.41, 5.74) is 0. The van der Waals surface area contributed by atoms with Crippen molar-refractivity contribution in [2.45, 2.75) is 17.9 Å². The van der Waals surface area contributed by atoms with Gasteiger partial charge in [0, 0.05) is 18.8 Å². The minimum Gasteiger partial charge on any atom is -0.316 e. The van der Waals surface area contributed by atoms with Gasteiger partial charge in [-0.3, -0.25) is 4.98 Å². The summed E-state index contributed by atoms with van der Waals surface area (Å²) in [6, 6.07) is 0.927. The van der Waals surface area contributed by atoms with Crippen LogP contribution in [0.25, 0.3) is 0 Å². The third-order valence-electron chi connectivity index (χ3n) is 2.06. The van der Waals surface area contributed by atoms with Crippen LogP contribution in [0.5, 0.6) is 0 Å². The fourth-order valence-corrected chi connectivity index (χ4v) is 2.06. The number of sulfonamides is 1. The number of likely N-dealkylation sites (N-methyl/N-ethyl adjacent to an activating group) is 1. The predicted octanol–water partition coefficient (Wildman–Crippen LogP) is 0.529. The molecule has 0 amide bonds. The summed E-state index contributed by atoms with van der Waals surface area (Å²) in [6.45, 7) is 2.06. The number of aromatic nitrogens is 1. The number of hydrogen-bond acceptors (Lipinski definition) is 4. The Morgan fingerprint density at radius 1 is 1.47 bits per heavy atom. The molecule has 1 unspecified atom stereocenters. The number of hydrogen-bond donors (Lipinski definition) is 2. The minimum absolute atomic E-state index is 0. The quantitative estimate of drug-likeness (QED) is 0.827. The molecule has 2 N–H and O–H groups in total. The molecule has 0 aliphatic rings. The Labute approximate surface area is 106 Å². The zero-order chi connectivity index (χ0) is 12.2. The molecule has 1 atom stereocenters. The summed E-state index contributed by atoms with van der Waals surface area (Å²) >= 11 is 0. The van der Waals surface area contributed by atoms with Crippen LogP contribution < -0.4 is 10.0 Å². The molecule has 0 radical (unpaired) electrons. The third kappa shape index (κ3) is 4.95. The molecule has 8 heteroatoms. The maximum absolute atomic E-state index is 12.8. The first-order chi connectivity index (χ1) is 7.45. The first-order valence-corrected chi connectivity index (χ1v) is 6.21. The standard InChI is InChI=1S/C9H14FN3O2S.ClH/c1-7(11-2)4-13-16(14,15)9-3-8(10)5-12-6-9;/h3,5-7,11,13H,4H2,1-2H3;1H. The Bertz CT molecular complexity index is 455. The van der Waals surface area contributed by atoms with Crippen LogP contribution in [0.2, 0.25) is 0 Å². The van der Waals surface area contributed by atoms with Crippen molar-refractivity contribution in [1.82, 2.24) is 15.0 Å². The molecule has 0 aromatic carbocycles. The van der Waals surface area contributed by atoms with Crippen molar-refractivity contribution in [3.63, 3.8) is 0 Å². The Morgan fingerprint density at radius 2 is 2.12 bits per heavy atom. The van der Waals surface area contributed by atoms with E-state index >= 15 is 0 Å². The van der Waals surface area contributed by atoms with Gasteiger partial charge in [-0.2, -0.15) is 0 Å². The average molecular weight is 284 g/mol. The van der Waals surface area contributed by atoms with Gasteiger partial charge < -0.3 is 5.32 Å². The number of halogens is 2. The number of pyridine rings is 1. The second-order valence-electron chi connectivity index (χ2n) is 3.38. The van der Waals surface area contributed by atoms with E-state index in [2.05, 4.69) is 15.0 Å². The molecular formula is C9H15ClFN3O2S. The van der Waals surface area contributed by atoms with Gasteiger partial charge in [-0.1, -0.05) is 0 Å². The SMILES string of the molecule is CNC(C)CNS(=O)(=O)c1cncc(F)c1.Cl. The zero-order valence-corrected chi connectivity index (χ0v) is 11.1. The van der Waals surface area contributed by atoms with Crippen LogP contribution in [0.15, 0.2) is 23.4 Å². The minimum atomic E-state index is -3.68. The third-order valence-corrected chi connectivity index (χ3v) is 3.45. The van der Waals surface area contributed by atoms with E-state index in [4.69, 9.17) is 0 Å². The summed E-state index contributed by atoms with van der Waals surface area (Å²) in [5.74, 6) is -0.676. The summed E-state index contributed by atoms with van der Waals surface area (Å²) in [5, 5.41) is 2.88. The largest absolute Gasteiger partial charge is 0.316 e. The zero-order valence-electron chi connectivity index (χ0n) is 9.47. The Balaban J connectivity index is 0.00000256. The van der Waals surface area contributed by atoms with Crippen molar-refractivity contribution in [3.8, 4) is 0 Å². The second kappa shape index (κ2) is 6.85. The highest BCUT2D eigenvalue weighted by molar-refractivity contribution is 7.89. The summed E-state index contributed by atoms with van der Waals surface area (Å²) in [6.07, 6.45) is 2.06. The summed E-state index contributed by atoms with van der Waals surface area (Å²) in [4.78, 5) is 3.32. The van der Waals surface area contributed by atoms with Crippen LogP contribution in [-0.4, -0.2) is 33.0 Å². The van der Waals surface area contributed by atoms with Gasteiger partial charge in [-0.15, -0.1) is 12.4 Å². The monoisotopic (exact) mass is 283 g/mol. The Hall–Kier alpha value is -0.760. The smallest absolute Gasteiger partial charge is 0.242 e. The van der Waals surface area contributed by atoms with Gasteiger partial charge >= 0.3 is 0 Å². The molecule has 0 aliphatic heterocycles. The van der Waals surface area contributed by atoms with Gasteiger partial charge in [0.1, 0.15) is 10.7 Å². The lowest BCUT2D eigenvalue weighted by atomic mass is 10.4. The first kappa shape index (κ1) is 16.2. The van der Waals surface area contributed by atoms with Crippen molar-refractivity contribution in [2.24, 2.45) is 0 Å². The fourth-order valence-electron chi connectivity index (χ4n) is 0.959. The predicted molar refractivity (Wildman–Crippen MR) is 65.2 cm³/mol. The van der Waals surface area contributed by atoms with Crippen LogP contribution in [0.4, 0.5) is 4.39 Å². The molecule has 0 bridgehead atoms. The van der Waals surface area contributed by atoms with Crippen LogP contribution in [-0.2, 0) is 10.0 Å². The van der Waals surface area contributed by atoms with Crippen molar-refractivity contribution < 1.29 is 12.8 Å². The van der Waals surface area contributed by atoms with Crippen molar-refractivity contribution in [1.29, 1.82) is 0 Å². The molecule has 17 heavy (non-hydrogen) atoms. The van der Waals surface area contributed by atoms with Crippen LogP contribution in [0.1, 0.15) is 6.92 Å². The van der Waals surface area contributed by atoms with Gasteiger partial charge in [0.05, 0.1) is 6.20 Å². The van der Waals surface area contributed by atoms with Crippen molar-refractivity contribution in [3.05, 3.63) is 24.3 Å². The Kier molecular flexibility index (Phi) is 6.54. The maximum Gasteiger partial charge on any atom is 0.242 e. The normalized spacial score (nSPS) is 12.9. The topological polar surface area (TPSA) is 71.1 Å². The van der Waals surface area contributed by atoms with Gasteiger partial charge in [0.25, 0.3) is 0 Å². The second-order valence-corrected chi connectivity index (χ2v) is 5.15. The summed E-state index contributed by atoms with van der Waals surface area (Å²) in [7, 11) is -1.96. The number of rotatable bonds is 5. The van der Waals surface area contributed by atoms with Gasteiger partial charge in [-0.05, 0) is 20.0 Å². The van der Waals surface area contributed by atoms with Crippen LogP contribution in [0.3, 0.4) is 0 Å². The molecule has 98 valence electrons. The highest BCUT2D eigenvalue weighted by Crippen LogP contribution is 2.07. The molecule has 1 heterocycles. The van der Waals surface area contributed by atoms with Gasteiger partial charge in [0.15, 0.2) is 0 Å². The van der Waals surface area contributed by atoms with E-state index < -0.39 is 15.8 Å². The molecule has 1 aromatic heterocycles. The van der Waals surface area contributed by atoms with E-state index in [1.165, 1.54) is 0 Å². The molecule has 5 nitrogen and oxygen atoms in total. The van der Waals surface area contributed by atoms with Gasteiger partial charge in [0.2, 0.25) is 10.0 Å². The molecule has 0 spiro atoms. The molecule has 0 fully saturated rings. The van der Waals surface area contributed by atoms with E-state index in [0.29, 0.717) is 0 Å². The van der Waals surface area contributed by atoms with Crippen LogP contribution >= 0.6 is 12.4 Å². The average Bonchev–Trinajstić information content (AvgIpc) is 2.26. The molecule has 0 saturated carbocycles. The lowest BCUT2D eigenvalue weighted by molar-refractivity contribution is 0.551. The maximum atomic E-state index is 12.8. The molecular weight excluding hydrogens is 269 g/mol. The fraction of sp³-hybridized carbons (Fsp3) is 0.444. The molecule has 1 aromatic rings. The Morgan fingerprint density at radius 3 is 2.65 bits per heavy atom. The number of nitrogens with zero attached hydrogens (tertiary/aromatic N) is 1. The molecule has 0 saturated heterocycles. The summed E-state index contributed by atoms with van der Waals surface area (Å²) < 4.78 is 38.5.